The molecule has 0 atom stereocenters. The first-order chi connectivity index (χ1) is 7.70. The largest absolute Gasteiger partial charge is 0.463 e. The normalized spacial score (nSPS) is 16.2. The van der Waals surface area contributed by atoms with Gasteiger partial charge >= 0.3 is 5.97 Å². The Bertz CT molecular complexity index is 444. The maximum absolute atomic E-state index is 11.4. The second-order valence-electron chi connectivity index (χ2n) is 4.08. The molecule has 1 aliphatic rings. The zero-order valence-corrected chi connectivity index (χ0v) is 9.75. The number of aryl methyl sites for hydroxylation is 2. The summed E-state index contributed by atoms with van der Waals surface area (Å²) < 4.78 is 4.93. The molecule has 0 unspecified atom stereocenters. The predicted octanol–water partition coefficient (Wildman–Crippen LogP) is 2.89. The van der Waals surface area contributed by atoms with Crippen LogP contribution >= 0.6 is 0 Å². The number of carbonyl (C=O) groups is 1. The van der Waals surface area contributed by atoms with Crippen LogP contribution in [-0.2, 0) is 16.0 Å². The number of carbonyl (C=O) groups excluding carboxylic acids is 1. The van der Waals surface area contributed by atoms with E-state index in [1.54, 1.807) is 6.08 Å². The molecular weight excluding hydrogens is 200 g/mol. The highest BCUT2D eigenvalue weighted by Gasteiger charge is 2.17. The summed E-state index contributed by atoms with van der Waals surface area (Å²) in [6, 6.07) is 6.41. The summed E-state index contributed by atoms with van der Waals surface area (Å²) in [5.74, 6) is -0.230. The van der Waals surface area contributed by atoms with Crippen molar-refractivity contribution in [2.75, 3.05) is 6.61 Å². The zero-order chi connectivity index (χ0) is 11.5. The van der Waals surface area contributed by atoms with Crippen LogP contribution in [0.4, 0.5) is 0 Å². The first-order valence-electron chi connectivity index (χ1n) is 5.68. The molecule has 0 bridgehead atoms. The van der Waals surface area contributed by atoms with Gasteiger partial charge in [-0.2, -0.15) is 0 Å². The van der Waals surface area contributed by atoms with Crippen molar-refractivity contribution in [2.45, 2.75) is 26.7 Å². The van der Waals surface area contributed by atoms with Gasteiger partial charge < -0.3 is 4.74 Å². The molecule has 84 valence electrons. The lowest BCUT2D eigenvalue weighted by atomic mass is 10.0. The number of allylic oxidation sites excluding steroid dienone is 1. The van der Waals surface area contributed by atoms with Crippen LogP contribution in [0.25, 0.3) is 5.57 Å². The molecule has 0 heterocycles. The third-order valence-corrected chi connectivity index (χ3v) is 2.85. The van der Waals surface area contributed by atoms with Crippen LogP contribution in [0.2, 0.25) is 0 Å². The van der Waals surface area contributed by atoms with Gasteiger partial charge in [-0.25, -0.2) is 4.79 Å². The monoisotopic (exact) mass is 216 g/mol. The lowest BCUT2D eigenvalue weighted by Gasteiger charge is -2.02. The van der Waals surface area contributed by atoms with Gasteiger partial charge in [0.05, 0.1) is 6.61 Å². The molecule has 0 saturated carbocycles. The van der Waals surface area contributed by atoms with E-state index in [0.717, 1.165) is 18.4 Å². The number of benzene rings is 1. The SMILES string of the molecule is CCOC(=O)/C=C1/CCc2ccc(C)cc21. The molecule has 2 heteroatoms. The Labute approximate surface area is 95.9 Å². The van der Waals surface area contributed by atoms with E-state index in [1.807, 2.05) is 6.92 Å². The average molecular weight is 216 g/mol. The number of hydrogen-bond acceptors (Lipinski definition) is 2. The van der Waals surface area contributed by atoms with E-state index in [2.05, 4.69) is 25.1 Å². The van der Waals surface area contributed by atoms with E-state index in [1.165, 1.54) is 16.7 Å². The highest BCUT2D eigenvalue weighted by atomic mass is 16.5. The fourth-order valence-corrected chi connectivity index (χ4v) is 2.09. The number of rotatable bonds is 2. The number of hydrogen-bond donors (Lipinski definition) is 0. The van der Waals surface area contributed by atoms with Crippen molar-refractivity contribution >= 4 is 11.5 Å². The number of esters is 1. The summed E-state index contributed by atoms with van der Waals surface area (Å²) >= 11 is 0. The molecule has 1 aromatic carbocycles. The topological polar surface area (TPSA) is 26.3 Å². The van der Waals surface area contributed by atoms with Crippen LogP contribution in [-0.4, -0.2) is 12.6 Å². The lowest BCUT2D eigenvalue weighted by Crippen LogP contribution is -2.00. The van der Waals surface area contributed by atoms with Crippen LogP contribution < -0.4 is 0 Å². The predicted molar refractivity (Wildman–Crippen MR) is 64.1 cm³/mol. The van der Waals surface area contributed by atoms with Gasteiger partial charge in [-0.3, -0.25) is 0 Å². The summed E-state index contributed by atoms with van der Waals surface area (Å²) in [6.07, 6.45) is 3.60. The molecule has 1 aromatic rings. The van der Waals surface area contributed by atoms with Gasteiger partial charge in [0.25, 0.3) is 0 Å². The van der Waals surface area contributed by atoms with E-state index in [4.69, 9.17) is 4.74 Å². The first kappa shape index (κ1) is 10.9. The standard InChI is InChI=1S/C14H16O2/c1-3-16-14(15)9-12-7-6-11-5-4-10(2)8-13(11)12/h4-5,8-9H,3,6-7H2,1-2H3/b12-9-. The summed E-state index contributed by atoms with van der Waals surface area (Å²) in [5, 5.41) is 0. The quantitative estimate of drug-likeness (QED) is 0.561. The van der Waals surface area contributed by atoms with Gasteiger partial charge in [-0.1, -0.05) is 23.8 Å². The molecule has 0 aromatic heterocycles. The van der Waals surface area contributed by atoms with E-state index in [0.29, 0.717) is 6.61 Å². The van der Waals surface area contributed by atoms with Crippen LogP contribution in [0.1, 0.15) is 30.0 Å². The van der Waals surface area contributed by atoms with Crippen LogP contribution in [0.15, 0.2) is 24.3 Å². The van der Waals surface area contributed by atoms with Crippen molar-refractivity contribution in [1.82, 2.24) is 0 Å². The maximum Gasteiger partial charge on any atom is 0.331 e. The van der Waals surface area contributed by atoms with Gasteiger partial charge in [0.15, 0.2) is 0 Å². The molecule has 0 spiro atoms. The number of ether oxygens (including phenoxy) is 1. The molecule has 16 heavy (non-hydrogen) atoms. The second kappa shape index (κ2) is 4.52. The highest BCUT2D eigenvalue weighted by molar-refractivity contribution is 5.93. The van der Waals surface area contributed by atoms with Gasteiger partial charge in [-0.05, 0) is 43.4 Å². The fraction of sp³-hybridized carbons (Fsp3) is 0.357. The minimum absolute atomic E-state index is 0.230. The Balaban J connectivity index is 2.29. The molecule has 2 rings (SSSR count). The molecule has 0 amide bonds. The summed E-state index contributed by atoms with van der Waals surface area (Å²) in [5.41, 5.74) is 4.89. The minimum Gasteiger partial charge on any atom is -0.463 e. The Morgan fingerprint density at radius 3 is 3.00 bits per heavy atom. The van der Waals surface area contributed by atoms with Crippen LogP contribution in [0, 0.1) is 6.92 Å². The van der Waals surface area contributed by atoms with E-state index < -0.39 is 0 Å². The summed E-state index contributed by atoms with van der Waals surface area (Å²) in [6.45, 7) is 4.33. The van der Waals surface area contributed by atoms with Crippen molar-refractivity contribution < 1.29 is 9.53 Å². The third kappa shape index (κ3) is 2.16. The van der Waals surface area contributed by atoms with Crippen molar-refractivity contribution in [2.24, 2.45) is 0 Å². The first-order valence-corrected chi connectivity index (χ1v) is 5.68. The number of fused-ring (bicyclic) bond motifs is 1. The van der Waals surface area contributed by atoms with Crippen molar-refractivity contribution in [3.63, 3.8) is 0 Å². The Morgan fingerprint density at radius 1 is 1.44 bits per heavy atom. The fourth-order valence-electron chi connectivity index (χ4n) is 2.09. The van der Waals surface area contributed by atoms with E-state index >= 15 is 0 Å². The Hall–Kier alpha value is -1.57. The van der Waals surface area contributed by atoms with Gasteiger partial charge in [0.1, 0.15) is 0 Å². The smallest absolute Gasteiger partial charge is 0.331 e. The molecule has 2 nitrogen and oxygen atoms in total. The molecule has 0 aliphatic heterocycles. The van der Waals surface area contributed by atoms with Gasteiger partial charge in [0.2, 0.25) is 0 Å². The van der Waals surface area contributed by atoms with Crippen LogP contribution in [0.5, 0.6) is 0 Å². The zero-order valence-electron chi connectivity index (χ0n) is 9.75. The molecule has 0 N–H and O–H groups in total. The lowest BCUT2D eigenvalue weighted by molar-refractivity contribution is -0.137. The van der Waals surface area contributed by atoms with Crippen LogP contribution in [0.3, 0.4) is 0 Å². The van der Waals surface area contributed by atoms with Crippen molar-refractivity contribution in [1.29, 1.82) is 0 Å². The third-order valence-electron chi connectivity index (χ3n) is 2.85. The van der Waals surface area contributed by atoms with E-state index in [-0.39, 0.29) is 5.97 Å². The Kier molecular flexibility index (Phi) is 3.09. The minimum atomic E-state index is -0.230. The molecule has 0 fully saturated rings. The van der Waals surface area contributed by atoms with Crippen molar-refractivity contribution in [3.8, 4) is 0 Å². The molecule has 0 saturated heterocycles. The Morgan fingerprint density at radius 2 is 2.25 bits per heavy atom. The second-order valence-corrected chi connectivity index (χ2v) is 4.08. The van der Waals surface area contributed by atoms with Gasteiger partial charge in [0, 0.05) is 6.08 Å². The van der Waals surface area contributed by atoms with Gasteiger partial charge in [-0.15, -0.1) is 0 Å². The molecule has 0 radical (unpaired) electrons. The summed E-state index contributed by atoms with van der Waals surface area (Å²) in [4.78, 5) is 11.4. The highest BCUT2D eigenvalue weighted by Crippen LogP contribution is 2.32. The molecular formula is C14H16O2. The molecule has 1 aliphatic carbocycles. The van der Waals surface area contributed by atoms with Crippen molar-refractivity contribution in [3.05, 3.63) is 41.0 Å². The maximum atomic E-state index is 11.4. The average Bonchev–Trinajstić information content (AvgIpc) is 2.61. The van der Waals surface area contributed by atoms with E-state index in [9.17, 15) is 4.79 Å². The summed E-state index contributed by atoms with van der Waals surface area (Å²) in [7, 11) is 0.